The van der Waals surface area contributed by atoms with Crippen LogP contribution in [0.25, 0.3) is 11.2 Å². The number of hydrogen-bond donors (Lipinski definition) is 2. The van der Waals surface area contributed by atoms with E-state index in [9.17, 15) is 19.0 Å². The summed E-state index contributed by atoms with van der Waals surface area (Å²) in [6.45, 7) is 4.05. The van der Waals surface area contributed by atoms with Gasteiger partial charge in [-0.2, -0.15) is 0 Å². The average molecular weight is 706 g/mol. The molecule has 0 spiro atoms. The summed E-state index contributed by atoms with van der Waals surface area (Å²) in [6, 6.07) is 0. The summed E-state index contributed by atoms with van der Waals surface area (Å²) in [5.74, 6) is -0.0793. The van der Waals surface area contributed by atoms with Gasteiger partial charge in [0, 0.05) is 19.6 Å². The number of phosphoric ester groups is 1. The first-order valence-electron chi connectivity index (χ1n) is 17.9. The molecule has 2 aromatic heterocycles. The number of imidazole rings is 1. The van der Waals surface area contributed by atoms with Crippen LogP contribution in [0.1, 0.15) is 136 Å². The average Bonchev–Trinajstić information content (AvgIpc) is 3.71. The normalized spacial score (nSPS) is 18.1. The number of aromatic nitrogens is 4. The van der Waals surface area contributed by atoms with Crippen molar-refractivity contribution >= 4 is 24.9 Å². The molecule has 1 amide bonds. The molecule has 1 aliphatic rings. The first-order chi connectivity index (χ1) is 22.8. The summed E-state index contributed by atoms with van der Waals surface area (Å²) in [6.07, 6.45) is 21.8. The third-order valence-corrected chi connectivity index (χ3v) is 9.46. The fourth-order valence-corrected chi connectivity index (χ4v) is 6.62. The first kappa shape index (κ1) is 43.0. The summed E-state index contributed by atoms with van der Waals surface area (Å²) in [5.41, 5.74) is 0.251. The number of aromatic amines is 1. The van der Waals surface area contributed by atoms with Crippen molar-refractivity contribution in [3.8, 4) is 0 Å². The Morgan fingerprint density at radius 3 is 2.25 bits per heavy atom. The van der Waals surface area contributed by atoms with Gasteiger partial charge in [-0.1, -0.05) is 96.8 Å². The maximum Gasteiger partial charge on any atom is 1.00 e. The minimum absolute atomic E-state index is 0. The Hall–Kier alpha value is -1.15. The Morgan fingerprint density at radius 2 is 1.62 bits per heavy atom. The van der Waals surface area contributed by atoms with Crippen LogP contribution in [0.4, 0.5) is 0 Å². The largest absolute Gasteiger partial charge is 1.00 e. The van der Waals surface area contributed by atoms with Crippen LogP contribution in [0.15, 0.2) is 17.4 Å². The Labute approximate surface area is 307 Å². The maximum absolute atomic E-state index is 12.4. The predicted octanol–water partition coefficient (Wildman–Crippen LogP) is 3.09. The molecule has 1 aliphatic heterocycles. The minimum atomic E-state index is -4.64. The van der Waals surface area contributed by atoms with Gasteiger partial charge in [-0.15, -0.1) is 0 Å². The zero-order valence-corrected chi connectivity index (χ0v) is 32.4. The van der Waals surface area contributed by atoms with Crippen LogP contribution in [0, 0.1) is 0 Å². The van der Waals surface area contributed by atoms with Gasteiger partial charge in [0.05, 0.1) is 38.1 Å². The number of carbonyl (C=O) groups excluding carboxylic acids is 1. The molecule has 1 saturated heterocycles. The van der Waals surface area contributed by atoms with Gasteiger partial charge in [-0.25, -0.2) is 9.97 Å². The number of amides is 1. The number of hydrogen-bond acceptors (Lipinski definition) is 10. The second kappa shape index (κ2) is 24.9. The third kappa shape index (κ3) is 16.7. The van der Waals surface area contributed by atoms with Crippen molar-refractivity contribution in [1.82, 2.24) is 24.8 Å². The summed E-state index contributed by atoms with van der Waals surface area (Å²) >= 11 is 0. The van der Waals surface area contributed by atoms with E-state index in [1.807, 2.05) is 0 Å². The number of nitrogens with one attached hydrogen (secondary N) is 2. The molecule has 0 aromatic carbocycles. The summed E-state index contributed by atoms with van der Waals surface area (Å²) in [5, 5.41) is 2.83. The number of unbranched alkanes of at least 4 members (excludes halogenated alkanes) is 14. The zero-order chi connectivity index (χ0) is 33.7. The van der Waals surface area contributed by atoms with Gasteiger partial charge in [0.15, 0.2) is 11.2 Å². The van der Waals surface area contributed by atoms with Crippen molar-refractivity contribution < 1.29 is 62.3 Å². The topological polar surface area (TPSA) is 170 Å². The molecule has 0 aliphatic carbocycles. The van der Waals surface area contributed by atoms with Gasteiger partial charge in [-0.3, -0.25) is 18.7 Å². The summed E-state index contributed by atoms with van der Waals surface area (Å²) in [7, 11) is -4.64. The second-order valence-electron chi connectivity index (χ2n) is 12.5. The number of fused-ring (bicyclic) bond motifs is 1. The molecule has 15 heteroatoms. The molecule has 13 nitrogen and oxygen atoms in total. The Morgan fingerprint density at radius 1 is 1.00 bits per heavy atom. The summed E-state index contributed by atoms with van der Waals surface area (Å²) in [4.78, 5) is 47.4. The predicted molar refractivity (Wildman–Crippen MR) is 179 cm³/mol. The Bertz CT molecular complexity index is 1260. The molecule has 3 heterocycles. The molecule has 48 heavy (non-hydrogen) atoms. The Kier molecular flexibility index (Phi) is 22.3. The molecule has 2 unspecified atom stereocenters. The van der Waals surface area contributed by atoms with E-state index in [-0.39, 0.29) is 66.3 Å². The zero-order valence-electron chi connectivity index (χ0n) is 29.5. The van der Waals surface area contributed by atoms with Gasteiger partial charge in [0.1, 0.15) is 6.23 Å². The van der Waals surface area contributed by atoms with E-state index < -0.39 is 26.3 Å². The molecule has 1 fully saturated rings. The minimum Gasteiger partial charge on any atom is -0.756 e. The van der Waals surface area contributed by atoms with E-state index in [1.54, 1.807) is 11.5 Å². The molecule has 2 aromatic rings. The fourth-order valence-electron chi connectivity index (χ4n) is 5.85. The van der Waals surface area contributed by atoms with E-state index >= 15 is 0 Å². The van der Waals surface area contributed by atoms with Crippen molar-refractivity contribution in [2.75, 3.05) is 26.4 Å². The van der Waals surface area contributed by atoms with Crippen LogP contribution in [0.3, 0.4) is 0 Å². The molecule has 0 radical (unpaired) electrons. The number of ether oxygens (including phenoxy) is 2. The van der Waals surface area contributed by atoms with Gasteiger partial charge < -0.3 is 33.7 Å². The van der Waals surface area contributed by atoms with Gasteiger partial charge in [0.2, 0.25) is 5.91 Å². The number of H-pyrrole nitrogens is 1. The molecular formula is C33H57N5NaO8P. The molecule has 0 saturated carbocycles. The van der Waals surface area contributed by atoms with Crippen molar-refractivity contribution in [3.05, 3.63) is 23.0 Å². The van der Waals surface area contributed by atoms with Crippen LogP contribution in [0.2, 0.25) is 0 Å². The van der Waals surface area contributed by atoms with Crippen molar-refractivity contribution in [2.45, 2.75) is 148 Å². The van der Waals surface area contributed by atoms with Gasteiger partial charge in [-0.05, 0) is 26.2 Å². The van der Waals surface area contributed by atoms with Crippen LogP contribution in [0.5, 0.6) is 0 Å². The number of carbonyl (C=O) groups is 1. The number of rotatable bonds is 27. The molecule has 3 rings (SSSR count). The SMILES string of the molecule is CCCCCCCCCCCCCCCCCC(=O)NCC(COP(=O)([O-])OC[C@@H]1CC[C@H](n2cnc3c(=O)[nH]cnc32)O1)OCC.[Na+]. The van der Waals surface area contributed by atoms with E-state index in [4.69, 9.17) is 18.5 Å². The standard InChI is InChI=1S/C33H58N5O8P.Na/c1-3-5-6-7-8-9-10-11-12-13-14-15-16-17-18-19-29(39)34-22-28(43-4-2)24-45-47(41,42)44-23-27-20-21-30(46-27)38-26-37-31-32(38)35-25-36-33(31)40;/h25-28,30H,3-24H2,1-2H3,(H,34,39)(H,41,42)(H,35,36,40);/q;+1/p-1/t27-,28?,30+;/m0./s1. The molecule has 4 atom stereocenters. The van der Waals surface area contributed by atoms with Crippen molar-refractivity contribution in [3.63, 3.8) is 0 Å². The third-order valence-electron chi connectivity index (χ3n) is 8.53. The van der Waals surface area contributed by atoms with Gasteiger partial charge in [0.25, 0.3) is 13.4 Å². The van der Waals surface area contributed by atoms with Crippen LogP contribution in [-0.2, 0) is 27.9 Å². The number of nitrogens with zero attached hydrogens (tertiary/aromatic N) is 3. The Balaban J connectivity index is 0.00000800. The number of phosphoric acid groups is 1. The molecule has 2 N–H and O–H groups in total. The fraction of sp³-hybridized carbons (Fsp3) is 0.818. The summed E-state index contributed by atoms with van der Waals surface area (Å²) < 4.78 is 35.8. The van der Waals surface area contributed by atoms with Crippen molar-refractivity contribution in [1.29, 1.82) is 0 Å². The quantitative estimate of drug-likeness (QED) is 0.0800. The molecule has 268 valence electrons. The first-order valence-corrected chi connectivity index (χ1v) is 19.3. The second-order valence-corrected chi connectivity index (χ2v) is 13.9. The maximum atomic E-state index is 12.4. The smallest absolute Gasteiger partial charge is 0.756 e. The van der Waals surface area contributed by atoms with E-state index in [2.05, 4.69) is 27.2 Å². The monoisotopic (exact) mass is 705 g/mol. The van der Waals surface area contributed by atoms with E-state index in [1.165, 1.54) is 89.7 Å². The molecule has 0 bridgehead atoms. The van der Waals surface area contributed by atoms with E-state index in [0.29, 0.717) is 31.5 Å². The van der Waals surface area contributed by atoms with Crippen molar-refractivity contribution in [2.24, 2.45) is 0 Å². The van der Waals surface area contributed by atoms with Gasteiger partial charge >= 0.3 is 29.6 Å². The van der Waals surface area contributed by atoms with Crippen LogP contribution >= 0.6 is 7.82 Å². The van der Waals surface area contributed by atoms with Crippen LogP contribution in [-0.4, -0.2) is 64.0 Å². The van der Waals surface area contributed by atoms with E-state index in [0.717, 1.165) is 19.3 Å². The molecular weight excluding hydrogens is 648 g/mol. The van der Waals surface area contributed by atoms with Crippen LogP contribution < -0.4 is 45.3 Å².